The molecule has 0 radical (unpaired) electrons. The van der Waals surface area contributed by atoms with E-state index in [1.54, 1.807) is 30.1 Å². The van der Waals surface area contributed by atoms with Crippen LogP contribution in [0.4, 0.5) is 5.69 Å². The van der Waals surface area contributed by atoms with Gasteiger partial charge in [0.15, 0.2) is 6.61 Å². The van der Waals surface area contributed by atoms with Crippen molar-refractivity contribution in [2.45, 2.75) is 43.0 Å². The zero-order valence-electron chi connectivity index (χ0n) is 18.2. The predicted molar refractivity (Wildman–Crippen MR) is 123 cm³/mol. The number of sulfonamides is 1. The summed E-state index contributed by atoms with van der Waals surface area (Å²) in [4.78, 5) is 26.5. The third-order valence-electron chi connectivity index (χ3n) is 5.74. The van der Waals surface area contributed by atoms with Gasteiger partial charge in [-0.25, -0.2) is 13.2 Å². The van der Waals surface area contributed by atoms with Crippen LogP contribution in [0.2, 0.25) is 5.02 Å². The molecule has 0 saturated heterocycles. The quantitative estimate of drug-likeness (QED) is 0.559. The smallest absolute Gasteiger partial charge is 0.338 e. The number of carbonyl (C=O) groups is 2. The molecule has 3 rings (SSSR count). The summed E-state index contributed by atoms with van der Waals surface area (Å²) in [5.41, 5.74) is 0.445. The molecule has 32 heavy (non-hydrogen) atoms. The van der Waals surface area contributed by atoms with Crippen molar-refractivity contribution in [2.24, 2.45) is 0 Å². The lowest BCUT2D eigenvalue weighted by Crippen LogP contribution is -2.40. The molecule has 1 fully saturated rings. The summed E-state index contributed by atoms with van der Waals surface area (Å²) in [5, 5.41) is 0.407. The van der Waals surface area contributed by atoms with Gasteiger partial charge in [-0.2, -0.15) is 0 Å². The van der Waals surface area contributed by atoms with Crippen LogP contribution in [0.15, 0.2) is 53.4 Å². The molecular formula is C23H27ClN2O5S. The van der Waals surface area contributed by atoms with Gasteiger partial charge in [0.05, 0.1) is 16.1 Å². The van der Waals surface area contributed by atoms with Crippen LogP contribution in [0.3, 0.4) is 0 Å². The Hall–Kier alpha value is -2.58. The summed E-state index contributed by atoms with van der Waals surface area (Å²) >= 11 is 5.97. The van der Waals surface area contributed by atoms with Crippen molar-refractivity contribution in [1.29, 1.82) is 0 Å². The van der Waals surface area contributed by atoms with Crippen LogP contribution in [-0.4, -0.2) is 51.9 Å². The molecule has 1 aliphatic carbocycles. The lowest BCUT2D eigenvalue weighted by molar-refractivity contribution is -0.135. The molecule has 0 atom stereocenters. The zero-order chi connectivity index (χ0) is 23.3. The van der Waals surface area contributed by atoms with E-state index in [4.69, 9.17) is 16.3 Å². The number of rotatable bonds is 7. The molecule has 0 unspecified atom stereocenters. The van der Waals surface area contributed by atoms with Crippen LogP contribution in [0.25, 0.3) is 0 Å². The highest BCUT2D eigenvalue weighted by atomic mass is 35.5. The third-order valence-corrected chi connectivity index (χ3v) is 7.76. The maximum Gasteiger partial charge on any atom is 0.338 e. The van der Waals surface area contributed by atoms with Crippen molar-refractivity contribution in [3.05, 3.63) is 59.1 Å². The summed E-state index contributed by atoms with van der Waals surface area (Å²) in [6, 6.07) is 12.2. The normalized spacial score (nSPS) is 14.6. The molecule has 1 aliphatic rings. The SMILES string of the molecule is CN(C(=O)COC(=O)c1cccc(S(=O)(=O)N(C)c2cccc(Cl)c2)c1)C1CCCCC1. The van der Waals surface area contributed by atoms with Crippen molar-refractivity contribution in [2.75, 3.05) is 25.0 Å². The van der Waals surface area contributed by atoms with E-state index in [2.05, 4.69) is 0 Å². The minimum Gasteiger partial charge on any atom is -0.452 e. The number of benzene rings is 2. The monoisotopic (exact) mass is 478 g/mol. The topological polar surface area (TPSA) is 84.0 Å². The van der Waals surface area contributed by atoms with Gasteiger partial charge in [0.2, 0.25) is 0 Å². The van der Waals surface area contributed by atoms with Gasteiger partial charge in [-0.1, -0.05) is 43.0 Å². The lowest BCUT2D eigenvalue weighted by Gasteiger charge is -2.31. The number of hydrogen-bond acceptors (Lipinski definition) is 5. The van der Waals surface area contributed by atoms with Gasteiger partial charge in [-0.15, -0.1) is 0 Å². The van der Waals surface area contributed by atoms with Crippen LogP contribution in [0.1, 0.15) is 42.5 Å². The van der Waals surface area contributed by atoms with Crippen LogP contribution in [-0.2, 0) is 19.6 Å². The van der Waals surface area contributed by atoms with Gasteiger partial charge >= 0.3 is 5.97 Å². The molecule has 0 bridgehead atoms. The molecule has 1 saturated carbocycles. The summed E-state index contributed by atoms with van der Waals surface area (Å²) in [6.45, 7) is -0.384. The second-order valence-electron chi connectivity index (χ2n) is 7.85. The standard InChI is InChI=1S/C23H27ClN2O5S/c1-25(19-10-4-3-5-11-19)22(27)16-31-23(28)17-8-6-13-21(14-17)32(29,30)26(2)20-12-7-9-18(24)15-20/h6-9,12-15,19H,3-5,10-11,16H2,1-2H3. The molecule has 0 spiro atoms. The second-order valence-corrected chi connectivity index (χ2v) is 10.3. The summed E-state index contributed by atoms with van der Waals surface area (Å²) in [7, 11) is -0.797. The summed E-state index contributed by atoms with van der Waals surface area (Å²) in [6.07, 6.45) is 5.27. The predicted octanol–water partition coefficient (Wildman–Crippen LogP) is 4.11. The number of anilines is 1. The van der Waals surface area contributed by atoms with E-state index in [0.29, 0.717) is 10.7 Å². The van der Waals surface area contributed by atoms with Crippen molar-refractivity contribution >= 4 is 39.2 Å². The van der Waals surface area contributed by atoms with E-state index in [1.165, 1.54) is 43.8 Å². The van der Waals surface area contributed by atoms with Gasteiger partial charge in [0.1, 0.15) is 0 Å². The van der Waals surface area contributed by atoms with Gasteiger partial charge in [-0.05, 0) is 49.2 Å². The number of nitrogens with zero attached hydrogens (tertiary/aromatic N) is 2. The molecular weight excluding hydrogens is 452 g/mol. The zero-order valence-corrected chi connectivity index (χ0v) is 19.7. The van der Waals surface area contributed by atoms with E-state index in [0.717, 1.165) is 30.0 Å². The molecule has 1 amide bonds. The Morgan fingerprint density at radius 3 is 2.41 bits per heavy atom. The van der Waals surface area contributed by atoms with E-state index in [9.17, 15) is 18.0 Å². The molecule has 2 aromatic rings. The average molecular weight is 479 g/mol. The first-order chi connectivity index (χ1) is 15.2. The Kier molecular flexibility index (Phi) is 7.79. The second kappa shape index (κ2) is 10.4. The van der Waals surface area contributed by atoms with Crippen LogP contribution < -0.4 is 4.31 Å². The highest BCUT2D eigenvalue weighted by Gasteiger charge is 2.25. The first-order valence-corrected chi connectivity index (χ1v) is 12.3. The summed E-state index contributed by atoms with van der Waals surface area (Å²) < 4.78 is 32.3. The van der Waals surface area contributed by atoms with E-state index in [-0.39, 0.29) is 29.0 Å². The number of ether oxygens (including phenoxy) is 1. The maximum absolute atomic E-state index is 13.0. The van der Waals surface area contributed by atoms with Gasteiger partial charge in [-0.3, -0.25) is 9.10 Å². The number of amides is 1. The van der Waals surface area contributed by atoms with Crippen LogP contribution in [0.5, 0.6) is 0 Å². The molecule has 0 heterocycles. The molecule has 7 nitrogen and oxygen atoms in total. The third kappa shape index (κ3) is 5.61. The van der Waals surface area contributed by atoms with E-state index >= 15 is 0 Å². The Labute approximate surface area is 194 Å². The fraction of sp³-hybridized carbons (Fsp3) is 0.391. The van der Waals surface area contributed by atoms with Crippen molar-refractivity contribution in [3.8, 4) is 0 Å². The highest BCUT2D eigenvalue weighted by Crippen LogP contribution is 2.25. The molecule has 172 valence electrons. The Balaban J connectivity index is 1.68. The highest BCUT2D eigenvalue weighted by molar-refractivity contribution is 7.92. The fourth-order valence-corrected chi connectivity index (χ4v) is 5.16. The maximum atomic E-state index is 13.0. The lowest BCUT2D eigenvalue weighted by atomic mass is 9.94. The number of halogens is 1. The fourth-order valence-electron chi connectivity index (χ4n) is 3.74. The minimum atomic E-state index is -3.93. The number of esters is 1. The molecule has 2 aromatic carbocycles. The number of carbonyl (C=O) groups excluding carboxylic acids is 2. The first kappa shape index (κ1) is 24.1. The molecule has 0 aliphatic heterocycles. The Morgan fingerprint density at radius 1 is 1.03 bits per heavy atom. The van der Waals surface area contributed by atoms with Gasteiger partial charge in [0.25, 0.3) is 15.9 Å². The van der Waals surface area contributed by atoms with Crippen LogP contribution >= 0.6 is 11.6 Å². The van der Waals surface area contributed by atoms with Crippen molar-refractivity contribution < 1.29 is 22.7 Å². The van der Waals surface area contributed by atoms with Crippen molar-refractivity contribution in [1.82, 2.24) is 4.90 Å². The summed E-state index contributed by atoms with van der Waals surface area (Å²) in [5.74, 6) is -1.02. The van der Waals surface area contributed by atoms with E-state index < -0.39 is 16.0 Å². The minimum absolute atomic E-state index is 0.0543. The van der Waals surface area contributed by atoms with E-state index in [1.807, 2.05) is 0 Å². The molecule has 0 aromatic heterocycles. The Morgan fingerprint density at radius 2 is 1.72 bits per heavy atom. The van der Waals surface area contributed by atoms with Crippen LogP contribution in [0, 0.1) is 0 Å². The largest absolute Gasteiger partial charge is 0.452 e. The molecule has 9 heteroatoms. The number of hydrogen-bond donors (Lipinski definition) is 0. The number of likely N-dealkylation sites (N-methyl/N-ethyl adjacent to an activating group) is 1. The first-order valence-electron chi connectivity index (χ1n) is 10.5. The molecule has 0 N–H and O–H groups in total. The van der Waals surface area contributed by atoms with Crippen molar-refractivity contribution in [3.63, 3.8) is 0 Å². The Bertz CT molecular complexity index is 1080. The van der Waals surface area contributed by atoms with Gasteiger partial charge in [0, 0.05) is 25.2 Å². The van der Waals surface area contributed by atoms with Gasteiger partial charge < -0.3 is 9.64 Å². The average Bonchev–Trinajstić information content (AvgIpc) is 2.81.